The molecule has 0 aliphatic heterocycles. The molecule has 2 aliphatic carbocycles. The summed E-state index contributed by atoms with van der Waals surface area (Å²) in [5, 5.41) is 0. The molecule has 1 aromatic rings. The molecule has 3 nitrogen and oxygen atoms in total. The zero-order valence-electron chi connectivity index (χ0n) is 10.9. The molecule has 1 aromatic heterocycles. The highest BCUT2D eigenvalue weighted by Crippen LogP contribution is 2.49. The van der Waals surface area contributed by atoms with Crippen LogP contribution in [0.3, 0.4) is 0 Å². The number of Topliss-reactive ketones (excluding diaryl/α,β-unsaturated/α-hetero) is 1. The first kappa shape index (κ1) is 13.1. The maximum absolute atomic E-state index is 12.1. The molecule has 2 aliphatic rings. The molecular weight excluding hydrogens is 306 g/mol. The normalized spacial score (nSPS) is 25.7. The van der Waals surface area contributed by atoms with Gasteiger partial charge in [0.05, 0.1) is 11.6 Å². The number of aromatic nitrogens is 1. The third-order valence-corrected chi connectivity index (χ3v) is 4.93. The standard InChI is InChI=1S/C15H18BrNO2/c16-11-7-12(10-17-9-11)19-14-8-13(18)15(14)5-3-1-2-4-6-15/h7,9-10,14H,1-6,8H2. The molecule has 1 heterocycles. The fraction of sp³-hybridized carbons (Fsp3) is 0.600. The van der Waals surface area contributed by atoms with Gasteiger partial charge in [0.25, 0.3) is 0 Å². The molecule has 102 valence electrons. The van der Waals surface area contributed by atoms with Crippen LogP contribution in [0.1, 0.15) is 44.9 Å². The molecule has 1 spiro atoms. The van der Waals surface area contributed by atoms with Crippen molar-refractivity contribution in [3.63, 3.8) is 0 Å². The summed E-state index contributed by atoms with van der Waals surface area (Å²) in [7, 11) is 0. The van der Waals surface area contributed by atoms with E-state index in [2.05, 4.69) is 20.9 Å². The highest BCUT2D eigenvalue weighted by atomic mass is 79.9. The van der Waals surface area contributed by atoms with Gasteiger partial charge in [0.2, 0.25) is 0 Å². The summed E-state index contributed by atoms with van der Waals surface area (Å²) >= 11 is 3.39. The Morgan fingerprint density at radius 2 is 1.95 bits per heavy atom. The summed E-state index contributed by atoms with van der Waals surface area (Å²) in [6.07, 6.45) is 10.9. The number of rotatable bonds is 2. The fourth-order valence-electron chi connectivity index (χ4n) is 3.35. The van der Waals surface area contributed by atoms with Crippen LogP contribution in [0, 0.1) is 5.41 Å². The highest BCUT2D eigenvalue weighted by Gasteiger charge is 2.55. The monoisotopic (exact) mass is 323 g/mol. The van der Waals surface area contributed by atoms with Crippen LogP contribution in [0.5, 0.6) is 5.75 Å². The molecule has 0 aromatic carbocycles. The summed E-state index contributed by atoms with van der Waals surface area (Å²) in [5.74, 6) is 1.16. The van der Waals surface area contributed by atoms with E-state index in [1.165, 1.54) is 12.8 Å². The number of hydrogen-bond acceptors (Lipinski definition) is 3. The molecule has 19 heavy (non-hydrogen) atoms. The largest absolute Gasteiger partial charge is 0.487 e. The topological polar surface area (TPSA) is 39.2 Å². The van der Waals surface area contributed by atoms with E-state index >= 15 is 0 Å². The summed E-state index contributed by atoms with van der Waals surface area (Å²) in [5.41, 5.74) is -0.196. The van der Waals surface area contributed by atoms with Crippen molar-refractivity contribution in [1.29, 1.82) is 0 Å². The van der Waals surface area contributed by atoms with Crippen LogP contribution < -0.4 is 4.74 Å². The summed E-state index contributed by atoms with van der Waals surface area (Å²) in [6.45, 7) is 0. The number of carbonyl (C=O) groups excluding carboxylic acids is 1. The van der Waals surface area contributed by atoms with Gasteiger partial charge in [-0.3, -0.25) is 9.78 Å². The quantitative estimate of drug-likeness (QED) is 0.828. The van der Waals surface area contributed by atoms with Crippen LogP contribution in [0.2, 0.25) is 0 Å². The Labute approximate surface area is 121 Å². The average molecular weight is 324 g/mol. The van der Waals surface area contributed by atoms with Crippen molar-refractivity contribution in [3.05, 3.63) is 22.9 Å². The van der Waals surface area contributed by atoms with E-state index in [-0.39, 0.29) is 11.5 Å². The lowest BCUT2D eigenvalue weighted by Crippen LogP contribution is -2.56. The lowest BCUT2D eigenvalue weighted by molar-refractivity contribution is -0.154. The van der Waals surface area contributed by atoms with Crippen LogP contribution in [0.15, 0.2) is 22.9 Å². The first-order chi connectivity index (χ1) is 9.21. The second-order valence-corrected chi connectivity index (χ2v) is 6.56. The Balaban J connectivity index is 1.76. The van der Waals surface area contributed by atoms with Gasteiger partial charge in [0.1, 0.15) is 17.6 Å². The number of halogens is 1. The lowest BCUT2D eigenvalue weighted by atomic mass is 9.60. The van der Waals surface area contributed by atoms with E-state index in [1.54, 1.807) is 12.4 Å². The second-order valence-electron chi connectivity index (χ2n) is 5.64. The van der Waals surface area contributed by atoms with Gasteiger partial charge in [-0.25, -0.2) is 0 Å². The summed E-state index contributed by atoms with van der Waals surface area (Å²) in [6, 6.07) is 1.92. The van der Waals surface area contributed by atoms with Gasteiger partial charge in [-0.2, -0.15) is 0 Å². The minimum atomic E-state index is -0.196. The predicted molar refractivity (Wildman–Crippen MR) is 76.1 cm³/mol. The molecule has 0 N–H and O–H groups in total. The van der Waals surface area contributed by atoms with E-state index in [4.69, 9.17) is 4.74 Å². The Bertz CT molecular complexity index is 481. The van der Waals surface area contributed by atoms with E-state index in [0.717, 1.165) is 35.9 Å². The number of hydrogen-bond donors (Lipinski definition) is 0. The second kappa shape index (κ2) is 5.23. The molecule has 0 radical (unpaired) electrons. The number of carbonyl (C=O) groups is 1. The molecule has 0 bridgehead atoms. The maximum Gasteiger partial charge on any atom is 0.146 e. The summed E-state index contributed by atoms with van der Waals surface area (Å²) in [4.78, 5) is 16.2. The first-order valence-electron chi connectivity index (χ1n) is 7.01. The Morgan fingerprint density at radius 3 is 2.58 bits per heavy atom. The molecule has 1 atom stereocenters. The Hall–Kier alpha value is -0.900. The van der Waals surface area contributed by atoms with E-state index in [1.807, 2.05) is 6.07 Å². The molecule has 0 saturated heterocycles. The third-order valence-electron chi connectivity index (χ3n) is 4.50. The van der Waals surface area contributed by atoms with Crippen molar-refractivity contribution < 1.29 is 9.53 Å². The smallest absolute Gasteiger partial charge is 0.146 e. The number of ketones is 1. The van der Waals surface area contributed by atoms with Crippen LogP contribution in [-0.2, 0) is 4.79 Å². The predicted octanol–water partition coefficient (Wildman–Crippen LogP) is 3.90. The molecule has 2 fully saturated rings. The van der Waals surface area contributed by atoms with E-state index < -0.39 is 0 Å². The number of nitrogens with zero attached hydrogens (tertiary/aromatic N) is 1. The van der Waals surface area contributed by atoms with Crippen molar-refractivity contribution in [3.8, 4) is 5.75 Å². The van der Waals surface area contributed by atoms with Crippen LogP contribution >= 0.6 is 15.9 Å². The van der Waals surface area contributed by atoms with E-state index in [9.17, 15) is 4.79 Å². The lowest BCUT2D eigenvalue weighted by Gasteiger charge is -2.47. The average Bonchev–Trinajstić information content (AvgIpc) is 2.66. The minimum absolute atomic E-state index is 0.0502. The van der Waals surface area contributed by atoms with Gasteiger partial charge in [-0.1, -0.05) is 25.7 Å². The van der Waals surface area contributed by atoms with Crippen molar-refractivity contribution in [2.45, 2.75) is 51.0 Å². The van der Waals surface area contributed by atoms with Crippen LogP contribution in [0.4, 0.5) is 0 Å². The SMILES string of the molecule is O=C1CC(Oc2cncc(Br)c2)C12CCCCCC2. The molecule has 2 saturated carbocycles. The Morgan fingerprint density at radius 1 is 1.21 bits per heavy atom. The van der Waals surface area contributed by atoms with Crippen molar-refractivity contribution in [1.82, 2.24) is 4.98 Å². The van der Waals surface area contributed by atoms with Crippen molar-refractivity contribution in [2.75, 3.05) is 0 Å². The fourth-order valence-corrected chi connectivity index (χ4v) is 3.70. The zero-order valence-corrected chi connectivity index (χ0v) is 12.5. The molecule has 3 rings (SSSR count). The maximum atomic E-state index is 12.1. The highest BCUT2D eigenvalue weighted by molar-refractivity contribution is 9.10. The molecule has 0 amide bonds. The molecular formula is C15H18BrNO2. The van der Waals surface area contributed by atoms with Crippen molar-refractivity contribution >= 4 is 21.7 Å². The minimum Gasteiger partial charge on any atom is -0.487 e. The number of pyridine rings is 1. The molecule has 1 unspecified atom stereocenters. The zero-order chi connectivity index (χ0) is 13.3. The van der Waals surface area contributed by atoms with Gasteiger partial charge in [0, 0.05) is 17.1 Å². The van der Waals surface area contributed by atoms with Gasteiger partial charge >= 0.3 is 0 Å². The molecule has 4 heteroatoms. The number of ether oxygens (including phenoxy) is 1. The Kier molecular flexibility index (Phi) is 3.61. The first-order valence-corrected chi connectivity index (χ1v) is 7.80. The van der Waals surface area contributed by atoms with E-state index in [0.29, 0.717) is 12.2 Å². The summed E-state index contributed by atoms with van der Waals surface area (Å²) < 4.78 is 6.95. The van der Waals surface area contributed by atoms with Crippen LogP contribution in [-0.4, -0.2) is 16.9 Å². The van der Waals surface area contributed by atoms with Crippen LogP contribution in [0.25, 0.3) is 0 Å². The van der Waals surface area contributed by atoms with Crippen molar-refractivity contribution in [2.24, 2.45) is 5.41 Å². The van der Waals surface area contributed by atoms with Gasteiger partial charge in [-0.05, 0) is 34.8 Å². The van der Waals surface area contributed by atoms with Gasteiger partial charge < -0.3 is 4.74 Å². The van der Waals surface area contributed by atoms with Gasteiger partial charge in [0.15, 0.2) is 0 Å². The third kappa shape index (κ3) is 2.42. The van der Waals surface area contributed by atoms with Gasteiger partial charge in [-0.15, -0.1) is 0 Å².